The van der Waals surface area contributed by atoms with E-state index >= 15 is 0 Å². The van der Waals surface area contributed by atoms with Gasteiger partial charge in [0.05, 0.1) is 0 Å². The Morgan fingerprint density at radius 1 is 1.17 bits per heavy atom. The summed E-state index contributed by atoms with van der Waals surface area (Å²) in [6, 6.07) is 0. The third-order valence-electron chi connectivity index (χ3n) is 1.76. The Labute approximate surface area is 75.9 Å². The van der Waals surface area contributed by atoms with Crippen molar-refractivity contribution in [2.75, 3.05) is 13.1 Å². The molecule has 1 aliphatic heterocycles. The van der Waals surface area contributed by atoms with Crippen LogP contribution in [0.4, 0.5) is 0 Å². The molecule has 0 aliphatic carbocycles. The van der Waals surface area contributed by atoms with Crippen molar-refractivity contribution in [2.45, 2.75) is 46.5 Å². The molecule has 0 N–H and O–H groups in total. The minimum Gasteiger partial charge on any atom is -0.343 e. The van der Waals surface area contributed by atoms with Crippen molar-refractivity contribution in [3.63, 3.8) is 0 Å². The molecular formula is C10H21NO. The van der Waals surface area contributed by atoms with Gasteiger partial charge in [0.15, 0.2) is 0 Å². The molecule has 72 valence electrons. The van der Waals surface area contributed by atoms with E-state index in [1.807, 2.05) is 11.8 Å². The van der Waals surface area contributed by atoms with Crippen LogP contribution in [0.2, 0.25) is 0 Å². The second-order valence-electron chi connectivity index (χ2n) is 3.15. The molecule has 1 rings (SSSR count). The van der Waals surface area contributed by atoms with Gasteiger partial charge in [-0.1, -0.05) is 27.2 Å². The molecule has 1 amide bonds. The van der Waals surface area contributed by atoms with Crippen molar-refractivity contribution in [2.24, 2.45) is 0 Å². The molecule has 1 aliphatic rings. The van der Waals surface area contributed by atoms with Gasteiger partial charge in [0.2, 0.25) is 5.91 Å². The first-order chi connectivity index (χ1) is 5.76. The average molecular weight is 171 g/mol. The van der Waals surface area contributed by atoms with Crippen molar-refractivity contribution < 1.29 is 4.79 Å². The van der Waals surface area contributed by atoms with Crippen LogP contribution in [-0.4, -0.2) is 23.9 Å². The summed E-state index contributed by atoms with van der Waals surface area (Å²) in [4.78, 5) is 12.9. The van der Waals surface area contributed by atoms with Gasteiger partial charge < -0.3 is 4.90 Å². The van der Waals surface area contributed by atoms with Crippen molar-refractivity contribution in [1.82, 2.24) is 4.90 Å². The van der Waals surface area contributed by atoms with E-state index in [9.17, 15) is 4.79 Å². The first-order valence-electron chi connectivity index (χ1n) is 5.04. The summed E-state index contributed by atoms with van der Waals surface area (Å²) in [5.74, 6) is 0.313. The number of likely N-dealkylation sites (tertiary alicyclic amines) is 1. The predicted molar refractivity (Wildman–Crippen MR) is 52.1 cm³/mol. The van der Waals surface area contributed by atoms with Gasteiger partial charge in [-0.3, -0.25) is 4.79 Å². The second kappa shape index (κ2) is 7.14. The predicted octanol–water partition coefficient (Wildman–Crippen LogP) is 2.44. The molecule has 0 spiro atoms. The van der Waals surface area contributed by atoms with Crippen molar-refractivity contribution in [3.05, 3.63) is 0 Å². The highest BCUT2D eigenvalue weighted by Gasteiger charge is 2.14. The van der Waals surface area contributed by atoms with Gasteiger partial charge in [-0.2, -0.15) is 0 Å². The molecular weight excluding hydrogens is 150 g/mol. The number of amides is 1. The van der Waals surface area contributed by atoms with Crippen molar-refractivity contribution in [3.8, 4) is 0 Å². The summed E-state index contributed by atoms with van der Waals surface area (Å²) in [7, 11) is 0. The highest BCUT2D eigenvalue weighted by Crippen LogP contribution is 2.07. The van der Waals surface area contributed by atoms with Crippen LogP contribution in [0.25, 0.3) is 0 Å². The SMILES string of the molecule is CCC.CCC(=O)N1CCCC1. The van der Waals surface area contributed by atoms with Gasteiger partial charge in [-0.15, -0.1) is 0 Å². The maximum Gasteiger partial charge on any atom is 0.222 e. The molecule has 1 heterocycles. The second-order valence-corrected chi connectivity index (χ2v) is 3.15. The number of nitrogens with zero attached hydrogens (tertiary/aromatic N) is 1. The molecule has 2 heteroatoms. The minimum absolute atomic E-state index is 0.313. The van der Waals surface area contributed by atoms with Gasteiger partial charge in [-0.25, -0.2) is 0 Å². The average Bonchev–Trinajstić information content (AvgIpc) is 2.56. The van der Waals surface area contributed by atoms with E-state index < -0.39 is 0 Å². The lowest BCUT2D eigenvalue weighted by molar-refractivity contribution is -0.129. The Hall–Kier alpha value is -0.530. The monoisotopic (exact) mass is 171 g/mol. The standard InChI is InChI=1S/C7H13NO.C3H8/c1-2-7(9)8-5-3-4-6-8;1-3-2/h2-6H2,1H3;3H2,1-2H3. The molecule has 0 aromatic rings. The fraction of sp³-hybridized carbons (Fsp3) is 0.900. The highest BCUT2D eigenvalue weighted by molar-refractivity contribution is 5.75. The highest BCUT2D eigenvalue weighted by atomic mass is 16.2. The third-order valence-corrected chi connectivity index (χ3v) is 1.76. The zero-order valence-corrected chi connectivity index (χ0v) is 8.60. The number of hydrogen-bond donors (Lipinski definition) is 0. The van der Waals surface area contributed by atoms with Crippen LogP contribution < -0.4 is 0 Å². The van der Waals surface area contributed by atoms with Gasteiger partial charge in [0.25, 0.3) is 0 Å². The maximum absolute atomic E-state index is 10.9. The summed E-state index contributed by atoms with van der Waals surface area (Å²) in [5, 5.41) is 0. The summed E-state index contributed by atoms with van der Waals surface area (Å²) >= 11 is 0. The van der Waals surface area contributed by atoms with Gasteiger partial charge in [0.1, 0.15) is 0 Å². The normalized spacial score (nSPS) is 15.4. The molecule has 0 bridgehead atoms. The largest absolute Gasteiger partial charge is 0.343 e. The molecule has 0 atom stereocenters. The Morgan fingerprint density at radius 2 is 1.58 bits per heavy atom. The fourth-order valence-corrected chi connectivity index (χ4v) is 1.19. The van der Waals surface area contributed by atoms with Crippen LogP contribution in [0.15, 0.2) is 0 Å². The van der Waals surface area contributed by atoms with E-state index in [1.165, 1.54) is 19.3 Å². The molecule has 0 aromatic heterocycles. The van der Waals surface area contributed by atoms with Crippen LogP contribution in [0.3, 0.4) is 0 Å². The Bertz CT molecular complexity index is 117. The summed E-state index contributed by atoms with van der Waals surface area (Å²) < 4.78 is 0. The first kappa shape index (κ1) is 11.5. The molecule has 12 heavy (non-hydrogen) atoms. The molecule has 2 nitrogen and oxygen atoms in total. The number of rotatable bonds is 1. The summed E-state index contributed by atoms with van der Waals surface area (Å²) in [6.07, 6.45) is 4.32. The molecule has 1 saturated heterocycles. The minimum atomic E-state index is 0.313. The van der Waals surface area contributed by atoms with E-state index in [-0.39, 0.29) is 0 Å². The first-order valence-corrected chi connectivity index (χ1v) is 5.04. The van der Waals surface area contributed by atoms with Crippen LogP contribution >= 0.6 is 0 Å². The Balaban J connectivity index is 0.000000354. The number of carbonyl (C=O) groups excluding carboxylic acids is 1. The van der Waals surface area contributed by atoms with Crippen LogP contribution in [0, 0.1) is 0 Å². The molecule has 0 saturated carbocycles. The van der Waals surface area contributed by atoms with Crippen LogP contribution in [0.1, 0.15) is 46.5 Å². The van der Waals surface area contributed by atoms with Gasteiger partial charge in [-0.05, 0) is 12.8 Å². The van der Waals surface area contributed by atoms with Crippen molar-refractivity contribution >= 4 is 5.91 Å². The number of hydrogen-bond acceptors (Lipinski definition) is 1. The lowest BCUT2D eigenvalue weighted by Gasteiger charge is -2.12. The lowest BCUT2D eigenvalue weighted by atomic mass is 10.4. The Kier molecular flexibility index (Phi) is 6.82. The lowest BCUT2D eigenvalue weighted by Crippen LogP contribution is -2.26. The summed E-state index contributed by atoms with van der Waals surface area (Å²) in [5.41, 5.74) is 0. The zero-order chi connectivity index (χ0) is 9.40. The van der Waals surface area contributed by atoms with Gasteiger partial charge >= 0.3 is 0 Å². The van der Waals surface area contributed by atoms with E-state index in [0.29, 0.717) is 12.3 Å². The van der Waals surface area contributed by atoms with Crippen LogP contribution in [0.5, 0.6) is 0 Å². The molecule has 0 radical (unpaired) electrons. The quantitative estimate of drug-likeness (QED) is 0.593. The molecule has 1 fully saturated rings. The van der Waals surface area contributed by atoms with E-state index in [4.69, 9.17) is 0 Å². The van der Waals surface area contributed by atoms with E-state index in [0.717, 1.165) is 13.1 Å². The topological polar surface area (TPSA) is 20.3 Å². The molecule has 0 unspecified atom stereocenters. The van der Waals surface area contributed by atoms with E-state index in [1.54, 1.807) is 0 Å². The smallest absolute Gasteiger partial charge is 0.222 e. The van der Waals surface area contributed by atoms with Crippen molar-refractivity contribution in [1.29, 1.82) is 0 Å². The fourth-order valence-electron chi connectivity index (χ4n) is 1.19. The maximum atomic E-state index is 10.9. The van der Waals surface area contributed by atoms with E-state index in [2.05, 4.69) is 13.8 Å². The van der Waals surface area contributed by atoms with Gasteiger partial charge in [0, 0.05) is 19.5 Å². The molecule has 0 aromatic carbocycles. The zero-order valence-electron chi connectivity index (χ0n) is 8.60. The summed E-state index contributed by atoms with van der Waals surface area (Å²) in [6.45, 7) is 8.15. The third kappa shape index (κ3) is 4.37. The Morgan fingerprint density at radius 3 is 1.92 bits per heavy atom. The number of carbonyl (C=O) groups is 1. The van der Waals surface area contributed by atoms with Crippen LogP contribution in [-0.2, 0) is 4.79 Å².